The van der Waals surface area contributed by atoms with Crippen LogP contribution in [0.1, 0.15) is 60.3 Å². The molecule has 7 heteroatoms. The molecule has 2 aromatic carbocycles. The molecule has 0 aliphatic heterocycles. The summed E-state index contributed by atoms with van der Waals surface area (Å²) in [6.45, 7) is 16.8. The molecule has 0 saturated heterocycles. The fourth-order valence-corrected chi connectivity index (χ4v) is 4.68. The molecule has 0 bridgehead atoms. The first-order chi connectivity index (χ1) is 14.7. The van der Waals surface area contributed by atoms with E-state index in [1.54, 1.807) is 6.07 Å². The van der Waals surface area contributed by atoms with Gasteiger partial charge in [0.25, 0.3) is 0 Å². The van der Waals surface area contributed by atoms with E-state index in [1.807, 2.05) is 53.7 Å². The van der Waals surface area contributed by atoms with Gasteiger partial charge in [0.15, 0.2) is 18.1 Å². The number of benzene rings is 2. The van der Waals surface area contributed by atoms with Gasteiger partial charge in [0, 0.05) is 30.1 Å². The van der Waals surface area contributed by atoms with Crippen LogP contribution in [0.2, 0.25) is 0 Å². The quantitative estimate of drug-likeness (QED) is 0.274. The van der Waals surface area contributed by atoms with Gasteiger partial charge in [-0.2, -0.15) is 0 Å². The van der Waals surface area contributed by atoms with Gasteiger partial charge in [-0.05, 0) is 98.4 Å². The average molecular weight is 454 g/mol. The third-order valence-corrected chi connectivity index (χ3v) is 6.34. The number of ether oxygens (including phenoxy) is 4. The summed E-state index contributed by atoms with van der Waals surface area (Å²) >= 11 is 0. The molecule has 2 aromatic rings. The molecule has 0 N–H and O–H groups in total. The van der Waals surface area contributed by atoms with Crippen molar-refractivity contribution < 1.29 is 23.7 Å². The summed E-state index contributed by atoms with van der Waals surface area (Å²) in [7, 11) is -0.0716. The molecule has 0 amide bonds. The number of hydrogen-bond donors (Lipinski definition) is 0. The van der Waals surface area contributed by atoms with Crippen LogP contribution in [-0.4, -0.2) is 50.2 Å². The van der Waals surface area contributed by atoms with Gasteiger partial charge in [-0.3, -0.25) is 4.79 Å². The molecule has 0 aliphatic carbocycles. The van der Waals surface area contributed by atoms with Crippen LogP contribution in [0.5, 0.6) is 11.5 Å². The van der Waals surface area contributed by atoms with E-state index in [4.69, 9.17) is 18.9 Å². The predicted molar refractivity (Wildman–Crippen MR) is 135 cm³/mol. The van der Waals surface area contributed by atoms with Crippen molar-refractivity contribution in [1.29, 1.82) is 0 Å². The summed E-state index contributed by atoms with van der Waals surface area (Å²) in [5.41, 5.74) is 5.32. The first kappa shape index (κ1) is 28.7. The third kappa shape index (κ3) is 7.61. The second-order valence-electron chi connectivity index (χ2n) is 7.53. The summed E-state index contributed by atoms with van der Waals surface area (Å²) in [5.74, 6) is 1.21. The number of carbonyl (C=O) groups excluding carboxylic acids is 1. The zero-order chi connectivity index (χ0) is 23.1. The van der Waals surface area contributed by atoms with Crippen LogP contribution in [0.3, 0.4) is 0 Å². The van der Waals surface area contributed by atoms with Crippen molar-refractivity contribution in [2.75, 3.05) is 13.2 Å². The fraction of sp³-hybridized carbons (Fsp3) is 0.480. The van der Waals surface area contributed by atoms with Crippen LogP contribution in [0.25, 0.3) is 0 Å². The van der Waals surface area contributed by atoms with Crippen molar-refractivity contribution in [3.63, 3.8) is 0 Å². The monoisotopic (exact) mass is 454 g/mol. The maximum absolute atomic E-state index is 13.3. The molecule has 172 valence electrons. The number of carbonyl (C=O) groups is 1. The molecule has 0 radical (unpaired) electrons. The minimum absolute atomic E-state index is 0. The summed E-state index contributed by atoms with van der Waals surface area (Å²) < 4.78 is 22.9. The molecule has 0 aromatic heterocycles. The Morgan fingerprint density at radius 2 is 1.47 bits per heavy atom. The van der Waals surface area contributed by atoms with E-state index in [9.17, 15) is 4.79 Å². The van der Waals surface area contributed by atoms with Crippen LogP contribution in [-0.2, 0) is 9.47 Å². The Hall–Kier alpha value is -1.34. The van der Waals surface area contributed by atoms with Gasteiger partial charge >= 0.3 is 18.9 Å². The predicted octanol–water partition coefficient (Wildman–Crippen LogP) is 4.94. The van der Waals surface area contributed by atoms with E-state index in [1.165, 1.54) is 5.56 Å². The van der Waals surface area contributed by atoms with Crippen LogP contribution in [0.4, 0.5) is 0 Å². The van der Waals surface area contributed by atoms with Gasteiger partial charge in [-0.1, -0.05) is 6.07 Å². The molecular formula is C25H36LiO5P. The van der Waals surface area contributed by atoms with Crippen molar-refractivity contribution in [2.24, 2.45) is 0 Å². The second kappa shape index (κ2) is 13.4. The molecule has 0 heterocycles. The molecule has 0 fully saturated rings. The summed E-state index contributed by atoms with van der Waals surface area (Å²) in [6, 6.07) is 7.63. The SMILES string of the molecule is CCOC(C)Oc1ccc(PC(=O)c2c(C)cc(C)c(C)c2C)c(OC(C)OCC)c1.[LiH]. The van der Waals surface area contributed by atoms with Gasteiger partial charge < -0.3 is 18.9 Å². The van der Waals surface area contributed by atoms with E-state index in [0.717, 1.165) is 27.6 Å². The Bertz CT molecular complexity index is 916. The van der Waals surface area contributed by atoms with Gasteiger partial charge in [-0.25, -0.2) is 0 Å². The fourth-order valence-electron chi connectivity index (χ4n) is 3.50. The van der Waals surface area contributed by atoms with E-state index < -0.39 is 6.29 Å². The zero-order valence-corrected chi connectivity index (χ0v) is 20.9. The number of aryl methyl sites for hydroxylation is 2. The third-order valence-electron chi connectivity index (χ3n) is 5.18. The Labute approximate surface area is 206 Å². The molecule has 0 aliphatic rings. The molecule has 3 atom stereocenters. The van der Waals surface area contributed by atoms with Crippen molar-refractivity contribution in [1.82, 2.24) is 0 Å². The minimum atomic E-state index is -0.437. The normalized spacial score (nSPS) is 13.0. The standard InChI is InChI=1S/C25H35O5P.Li.H/c1-9-27-19(7)29-21-11-12-23(22(14-21)30-20(8)28-10-2)31-25(26)24-16(4)13-15(3)17(5)18(24)6;;/h11-14,19-20,31H,9-10H2,1-8H3;;. The van der Waals surface area contributed by atoms with Crippen molar-refractivity contribution in [3.05, 3.63) is 52.1 Å². The molecule has 32 heavy (non-hydrogen) atoms. The van der Waals surface area contributed by atoms with E-state index in [-0.39, 0.29) is 39.3 Å². The van der Waals surface area contributed by atoms with Crippen LogP contribution in [0, 0.1) is 27.7 Å². The Balaban J connectivity index is 0.00000512. The first-order valence-electron chi connectivity index (χ1n) is 10.8. The molecule has 2 rings (SSSR count). The second-order valence-corrected chi connectivity index (χ2v) is 8.77. The molecule has 0 saturated carbocycles. The van der Waals surface area contributed by atoms with Crippen molar-refractivity contribution >= 4 is 38.3 Å². The molecule has 0 spiro atoms. The Kier molecular flexibility index (Phi) is 12.0. The number of hydrogen-bond acceptors (Lipinski definition) is 5. The Morgan fingerprint density at radius 1 is 0.875 bits per heavy atom. The van der Waals surface area contributed by atoms with Crippen LogP contribution < -0.4 is 14.8 Å². The number of rotatable bonds is 11. The summed E-state index contributed by atoms with van der Waals surface area (Å²) in [5, 5.41) is 0.824. The van der Waals surface area contributed by atoms with Gasteiger partial charge in [0.05, 0.1) is 0 Å². The van der Waals surface area contributed by atoms with Gasteiger partial charge in [0.2, 0.25) is 0 Å². The first-order valence-corrected chi connectivity index (χ1v) is 11.8. The molecular weight excluding hydrogens is 418 g/mol. The van der Waals surface area contributed by atoms with E-state index >= 15 is 0 Å². The van der Waals surface area contributed by atoms with E-state index in [2.05, 4.69) is 19.9 Å². The van der Waals surface area contributed by atoms with Gasteiger partial charge in [0.1, 0.15) is 11.5 Å². The van der Waals surface area contributed by atoms with Crippen LogP contribution >= 0.6 is 8.58 Å². The summed E-state index contributed by atoms with van der Waals surface area (Å²) in [6.07, 6.45) is -0.814. The van der Waals surface area contributed by atoms with Crippen molar-refractivity contribution in [2.45, 2.75) is 68.0 Å². The van der Waals surface area contributed by atoms with E-state index in [0.29, 0.717) is 24.7 Å². The summed E-state index contributed by atoms with van der Waals surface area (Å²) in [4.78, 5) is 13.3. The maximum atomic E-state index is 13.3. The Morgan fingerprint density at radius 3 is 2.06 bits per heavy atom. The zero-order valence-electron chi connectivity index (χ0n) is 19.9. The average Bonchev–Trinajstić information content (AvgIpc) is 2.68. The van der Waals surface area contributed by atoms with Gasteiger partial charge in [-0.15, -0.1) is 0 Å². The molecule has 3 unspecified atom stereocenters. The molecule has 5 nitrogen and oxygen atoms in total. The van der Waals surface area contributed by atoms with Crippen LogP contribution in [0.15, 0.2) is 24.3 Å². The van der Waals surface area contributed by atoms with Crippen molar-refractivity contribution in [3.8, 4) is 11.5 Å². The topological polar surface area (TPSA) is 54.0 Å².